The predicted molar refractivity (Wildman–Crippen MR) is 76.6 cm³/mol. The Kier molecular flexibility index (Phi) is 4.01. The molecule has 5 nitrogen and oxygen atoms in total. The Morgan fingerprint density at radius 3 is 3.10 bits per heavy atom. The average Bonchev–Trinajstić information content (AvgIpc) is 3.19. The Balaban J connectivity index is 1.69. The van der Waals surface area contributed by atoms with Crippen molar-refractivity contribution in [1.29, 1.82) is 0 Å². The van der Waals surface area contributed by atoms with Gasteiger partial charge in [-0.1, -0.05) is 0 Å². The first-order valence-corrected chi connectivity index (χ1v) is 7.18. The van der Waals surface area contributed by atoms with Crippen LogP contribution in [0.4, 0.5) is 0 Å². The molecule has 0 aromatic carbocycles. The second kappa shape index (κ2) is 6.10. The molecule has 1 N–H and O–H groups in total. The third kappa shape index (κ3) is 2.97. The van der Waals surface area contributed by atoms with Gasteiger partial charge in [0.05, 0.1) is 11.8 Å². The molecule has 1 aliphatic rings. The smallest absolute Gasteiger partial charge is 0.255 e. The third-order valence-electron chi connectivity index (χ3n) is 3.91. The first-order chi connectivity index (χ1) is 10.3. The van der Waals surface area contributed by atoms with Crippen molar-refractivity contribution in [3.63, 3.8) is 0 Å². The van der Waals surface area contributed by atoms with Crippen molar-refractivity contribution in [2.24, 2.45) is 0 Å². The number of furan rings is 1. The topological polar surface area (TPSA) is 66.6 Å². The number of aliphatic hydroxyl groups excluding tert-OH is 1. The van der Waals surface area contributed by atoms with E-state index in [9.17, 15) is 9.90 Å². The van der Waals surface area contributed by atoms with Crippen molar-refractivity contribution < 1.29 is 14.3 Å². The number of likely N-dealkylation sites (tertiary alicyclic amines) is 1. The summed E-state index contributed by atoms with van der Waals surface area (Å²) in [5.41, 5.74) is 0.594. The number of pyridine rings is 1. The number of hydrogen-bond acceptors (Lipinski definition) is 4. The van der Waals surface area contributed by atoms with Gasteiger partial charge < -0.3 is 14.4 Å². The SMILES string of the molecule is O=C(c1cccnc1)N1CCCC1CC(O)c1ccco1. The molecule has 2 unspecified atom stereocenters. The van der Waals surface area contributed by atoms with Gasteiger partial charge in [-0.3, -0.25) is 9.78 Å². The van der Waals surface area contributed by atoms with Gasteiger partial charge in [-0.2, -0.15) is 0 Å². The first kappa shape index (κ1) is 13.8. The summed E-state index contributed by atoms with van der Waals surface area (Å²) in [6.45, 7) is 0.725. The van der Waals surface area contributed by atoms with Crippen molar-refractivity contribution in [2.75, 3.05) is 6.54 Å². The van der Waals surface area contributed by atoms with Crippen molar-refractivity contribution >= 4 is 5.91 Å². The lowest BCUT2D eigenvalue weighted by atomic mass is 10.0. The van der Waals surface area contributed by atoms with E-state index in [0.29, 0.717) is 17.7 Å². The molecule has 1 aliphatic heterocycles. The van der Waals surface area contributed by atoms with Gasteiger partial charge in [0.15, 0.2) is 0 Å². The van der Waals surface area contributed by atoms with E-state index in [4.69, 9.17) is 4.42 Å². The van der Waals surface area contributed by atoms with Gasteiger partial charge in [0.2, 0.25) is 0 Å². The van der Waals surface area contributed by atoms with Gasteiger partial charge >= 0.3 is 0 Å². The second-order valence-corrected chi connectivity index (χ2v) is 5.30. The average molecular weight is 286 g/mol. The molecule has 2 aromatic heterocycles. The first-order valence-electron chi connectivity index (χ1n) is 7.18. The molecule has 21 heavy (non-hydrogen) atoms. The Bertz CT molecular complexity index is 583. The number of carbonyl (C=O) groups is 1. The highest BCUT2D eigenvalue weighted by molar-refractivity contribution is 5.94. The monoisotopic (exact) mass is 286 g/mol. The van der Waals surface area contributed by atoms with Crippen LogP contribution in [-0.4, -0.2) is 33.5 Å². The largest absolute Gasteiger partial charge is 0.467 e. The maximum atomic E-state index is 12.5. The van der Waals surface area contributed by atoms with Crippen LogP contribution in [0.3, 0.4) is 0 Å². The van der Waals surface area contributed by atoms with Crippen LogP contribution in [0.1, 0.15) is 41.5 Å². The van der Waals surface area contributed by atoms with Crippen LogP contribution < -0.4 is 0 Å². The van der Waals surface area contributed by atoms with Crippen LogP contribution in [0.15, 0.2) is 47.3 Å². The molecule has 110 valence electrons. The van der Waals surface area contributed by atoms with Gasteiger partial charge in [-0.05, 0) is 37.1 Å². The fourth-order valence-electron chi connectivity index (χ4n) is 2.86. The normalized spacial score (nSPS) is 19.7. The Hall–Kier alpha value is -2.14. The Morgan fingerprint density at radius 2 is 2.38 bits per heavy atom. The number of hydrogen-bond donors (Lipinski definition) is 1. The quantitative estimate of drug-likeness (QED) is 0.937. The van der Waals surface area contributed by atoms with Crippen LogP contribution >= 0.6 is 0 Å². The molecule has 0 saturated carbocycles. The van der Waals surface area contributed by atoms with Crippen LogP contribution in [0.2, 0.25) is 0 Å². The van der Waals surface area contributed by atoms with E-state index in [1.165, 1.54) is 0 Å². The maximum Gasteiger partial charge on any atom is 0.255 e. The molecule has 1 saturated heterocycles. The molecule has 3 heterocycles. The van der Waals surface area contributed by atoms with Gasteiger partial charge in [0, 0.05) is 31.4 Å². The molecule has 1 amide bonds. The highest BCUT2D eigenvalue weighted by atomic mass is 16.4. The van der Waals surface area contributed by atoms with Crippen LogP contribution in [0.25, 0.3) is 0 Å². The molecule has 5 heteroatoms. The van der Waals surface area contributed by atoms with Crippen molar-refractivity contribution in [1.82, 2.24) is 9.88 Å². The number of rotatable bonds is 4. The van der Waals surface area contributed by atoms with Gasteiger partial charge in [-0.25, -0.2) is 0 Å². The van der Waals surface area contributed by atoms with E-state index in [1.807, 2.05) is 4.90 Å². The Labute approximate surface area is 123 Å². The van der Waals surface area contributed by atoms with Crippen LogP contribution in [0, 0.1) is 0 Å². The van der Waals surface area contributed by atoms with Gasteiger partial charge in [0.25, 0.3) is 5.91 Å². The summed E-state index contributed by atoms with van der Waals surface area (Å²) in [6, 6.07) is 7.08. The van der Waals surface area contributed by atoms with E-state index in [0.717, 1.165) is 19.4 Å². The van der Waals surface area contributed by atoms with Crippen molar-refractivity contribution in [3.8, 4) is 0 Å². The van der Waals surface area contributed by atoms with Gasteiger partial charge in [-0.15, -0.1) is 0 Å². The predicted octanol–water partition coefficient (Wildman–Crippen LogP) is 2.40. The van der Waals surface area contributed by atoms with Crippen LogP contribution in [-0.2, 0) is 0 Å². The van der Waals surface area contributed by atoms with Crippen molar-refractivity contribution in [3.05, 3.63) is 54.2 Å². The number of aromatic nitrogens is 1. The zero-order chi connectivity index (χ0) is 14.7. The summed E-state index contributed by atoms with van der Waals surface area (Å²) in [5, 5.41) is 10.2. The molecule has 0 spiro atoms. The summed E-state index contributed by atoms with van der Waals surface area (Å²) in [5.74, 6) is 0.535. The van der Waals surface area contributed by atoms with Gasteiger partial charge in [0.1, 0.15) is 11.9 Å². The summed E-state index contributed by atoms with van der Waals surface area (Å²) in [6.07, 6.45) is 6.48. The summed E-state index contributed by atoms with van der Waals surface area (Å²) in [7, 11) is 0. The number of carbonyl (C=O) groups excluding carboxylic acids is 1. The number of amides is 1. The molecule has 0 radical (unpaired) electrons. The number of aliphatic hydroxyl groups is 1. The summed E-state index contributed by atoms with van der Waals surface area (Å²) < 4.78 is 5.22. The van der Waals surface area contributed by atoms with Crippen molar-refractivity contribution in [2.45, 2.75) is 31.4 Å². The highest BCUT2D eigenvalue weighted by Gasteiger charge is 2.31. The molecule has 2 atom stereocenters. The van der Waals surface area contributed by atoms with Crippen LogP contribution in [0.5, 0.6) is 0 Å². The summed E-state index contributed by atoms with van der Waals surface area (Å²) in [4.78, 5) is 18.3. The van der Waals surface area contributed by atoms with E-state index in [-0.39, 0.29) is 11.9 Å². The lowest BCUT2D eigenvalue weighted by molar-refractivity contribution is 0.0641. The minimum absolute atomic E-state index is 0.0164. The standard InChI is InChI=1S/C16H18N2O3/c19-14(15-6-3-9-21-15)10-13-5-2-8-18(13)16(20)12-4-1-7-17-11-12/h1,3-4,6-7,9,11,13-14,19H,2,5,8,10H2. The van der Waals surface area contributed by atoms with E-state index < -0.39 is 6.10 Å². The molecular weight excluding hydrogens is 268 g/mol. The molecule has 2 aromatic rings. The number of nitrogens with zero attached hydrogens (tertiary/aromatic N) is 2. The lowest BCUT2D eigenvalue weighted by Crippen LogP contribution is -2.36. The molecule has 0 aliphatic carbocycles. The van der Waals surface area contributed by atoms with E-state index >= 15 is 0 Å². The summed E-state index contributed by atoms with van der Waals surface area (Å²) >= 11 is 0. The minimum atomic E-state index is -0.674. The minimum Gasteiger partial charge on any atom is -0.467 e. The lowest BCUT2D eigenvalue weighted by Gasteiger charge is -2.26. The molecular formula is C16H18N2O3. The molecule has 0 bridgehead atoms. The van der Waals surface area contributed by atoms with E-state index in [2.05, 4.69) is 4.98 Å². The third-order valence-corrected chi connectivity index (χ3v) is 3.91. The second-order valence-electron chi connectivity index (χ2n) is 5.30. The zero-order valence-electron chi connectivity index (χ0n) is 11.7. The molecule has 3 rings (SSSR count). The fourth-order valence-corrected chi connectivity index (χ4v) is 2.86. The molecule has 1 fully saturated rings. The zero-order valence-corrected chi connectivity index (χ0v) is 11.7. The highest BCUT2D eigenvalue weighted by Crippen LogP contribution is 2.28. The Morgan fingerprint density at radius 1 is 1.48 bits per heavy atom. The maximum absolute atomic E-state index is 12.5. The fraction of sp³-hybridized carbons (Fsp3) is 0.375. The van der Waals surface area contributed by atoms with E-state index in [1.54, 1.807) is 42.9 Å².